The lowest BCUT2D eigenvalue weighted by Crippen LogP contribution is -2.65. The van der Waals surface area contributed by atoms with Crippen molar-refractivity contribution in [2.75, 3.05) is 16.8 Å². The molecule has 6 aliphatic carbocycles. The molecule has 11 heteroatoms. The predicted octanol–water partition coefficient (Wildman–Crippen LogP) is 8.01. The summed E-state index contributed by atoms with van der Waals surface area (Å²) in [6, 6.07) is 10.6. The Morgan fingerprint density at radius 2 is 1.76 bits per heavy atom. The molecule has 2 aromatic heterocycles. The van der Waals surface area contributed by atoms with Crippen LogP contribution in [0.3, 0.4) is 0 Å². The van der Waals surface area contributed by atoms with E-state index in [4.69, 9.17) is 9.51 Å². The quantitative estimate of drug-likeness (QED) is 0.245. The Balaban J connectivity index is 1.10. The number of alkyl halides is 3. The fourth-order valence-electron chi connectivity index (χ4n) is 8.23. The Morgan fingerprint density at radius 1 is 1.04 bits per heavy atom. The molecule has 240 valence electrons. The summed E-state index contributed by atoms with van der Waals surface area (Å²) in [5.41, 5.74) is -0.102. The van der Waals surface area contributed by atoms with Crippen molar-refractivity contribution < 1.29 is 27.2 Å². The summed E-state index contributed by atoms with van der Waals surface area (Å²) in [5, 5.41) is 7.64. The third-order valence-electron chi connectivity index (χ3n) is 10.7. The third kappa shape index (κ3) is 5.67. The molecule has 1 N–H and O–H groups in total. The van der Waals surface area contributed by atoms with Crippen LogP contribution in [-0.4, -0.2) is 39.9 Å². The topological polar surface area (TPSA) is 93.4 Å². The minimum Gasteiger partial charge on any atom is -0.433 e. The van der Waals surface area contributed by atoms with Gasteiger partial charge in [0, 0.05) is 35.2 Å². The molecular formula is C34H40F3N5O3. The zero-order valence-electron chi connectivity index (χ0n) is 26.0. The molecular weight excluding hydrogens is 583 g/mol. The molecule has 0 saturated heterocycles. The van der Waals surface area contributed by atoms with Crippen molar-refractivity contribution in [1.29, 1.82) is 0 Å². The van der Waals surface area contributed by atoms with Crippen molar-refractivity contribution in [3.05, 3.63) is 54.3 Å². The molecule has 6 fully saturated rings. The SMILES string of the molecule is CC(C)(C)c1nc(C23CCC(CN(C(=O)CC45CC(F)(C4)C5)c4cccc(Nc5ccc(OC(F)F)cn5)c4)(CC2)CC3)no1. The van der Waals surface area contributed by atoms with Crippen LogP contribution in [0.2, 0.25) is 0 Å². The highest BCUT2D eigenvalue weighted by molar-refractivity contribution is 5.95. The fraction of sp³-hybridized carbons (Fsp3) is 0.588. The first-order valence-corrected chi connectivity index (χ1v) is 15.9. The lowest BCUT2D eigenvalue weighted by atomic mass is 9.41. The van der Waals surface area contributed by atoms with E-state index in [-0.39, 0.29) is 33.3 Å². The number of carbonyl (C=O) groups excluding carboxylic acids is 1. The van der Waals surface area contributed by atoms with Crippen LogP contribution in [-0.2, 0) is 15.6 Å². The summed E-state index contributed by atoms with van der Waals surface area (Å²) < 4.78 is 49.5. The number of nitrogens with one attached hydrogen (secondary N) is 1. The monoisotopic (exact) mass is 623 g/mol. The van der Waals surface area contributed by atoms with Crippen LogP contribution in [0.5, 0.6) is 5.75 Å². The van der Waals surface area contributed by atoms with Crippen molar-refractivity contribution in [1.82, 2.24) is 15.1 Å². The van der Waals surface area contributed by atoms with E-state index in [1.54, 1.807) is 6.07 Å². The second-order valence-electron chi connectivity index (χ2n) is 15.2. The van der Waals surface area contributed by atoms with Gasteiger partial charge in [-0.1, -0.05) is 32.0 Å². The molecule has 6 aliphatic rings. The molecule has 0 radical (unpaired) electrons. The fourth-order valence-corrected chi connectivity index (χ4v) is 8.23. The Morgan fingerprint density at radius 3 is 2.33 bits per heavy atom. The standard InChI is InChI=1S/C34H40F3N5O3/c1-30(2,3)28-40-27(41-45-28)33-12-9-31(10-13-33,11-14-33)21-42(26(43)16-32-18-34(37,19-32)20-32)23-6-4-5-22(15-23)39-25-8-7-24(17-38-25)44-29(35)36/h4-8,15,17,29H,9-14,16,18-21H2,1-3H3,(H,38,39). The van der Waals surface area contributed by atoms with Crippen LogP contribution >= 0.6 is 0 Å². The normalized spacial score (nSPS) is 30.0. The van der Waals surface area contributed by atoms with Crippen molar-refractivity contribution >= 4 is 23.1 Å². The minimum atomic E-state index is -2.92. The second kappa shape index (κ2) is 10.5. The van der Waals surface area contributed by atoms with Gasteiger partial charge >= 0.3 is 6.61 Å². The van der Waals surface area contributed by atoms with Crippen molar-refractivity contribution in [2.45, 2.75) is 108 Å². The van der Waals surface area contributed by atoms with Gasteiger partial charge in [0.2, 0.25) is 11.8 Å². The first-order valence-electron chi connectivity index (χ1n) is 15.9. The van der Waals surface area contributed by atoms with Crippen molar-refractivity contribution in [3.63, 3.8) is 0 Å². The molecule has 1 amide bonds. The second-order valence-corrected chi connectivity index (χ2v) is 15.2. The number of pyridine rings is 1. The molecule has 0 unspecified atom stereocenters. The highest BCUT2D eigenvalue weighted by atomic mass is 19.3. The molecule has 0 atom stereocenters. The smallest absolute Gasteiger partial charge is 0.387 e. The number of anilines is 3. The van der Waals surface area contributed by atoms with Crippen molar-refractivity contribution in [3.8, 4) is 5.75 Å². The molecule has 1 aromatic carbocycles. The van der Waals surface area contributed by atoms with Gasteiger partial charge in [-0.05, 0) is 98.9 Å². The minimum absolute atomic E-state index is 0.0260. The molecule has 0 spiro atoms. The van der Waals surface area contributed by atoms with E-state index in [2.05, 4.69) is 41.0 Å². The summed E-state index contributed by atoms with van der Waals surface area (Å²) in [6.07, 6.45) is 8.76. The average Bonchev–Trinajstić information content (AvgIpc) is 3.49. The highest BCUT2D eigenvalue weighted by Crippen LogP contribution is 2.71. The van der Waals surface area contributed by atoms with Crippen LogP contribution in [0.15, 0.2) is 47.1 Å². The Bertz CT molecular complexity index is 1540. The summed E-state index contributed by atoms with van der Waals surface area (Å²) in [6.45, 7) is 3.89. The number of aromatic nitrogens is 3. The number of fused-ring (bicyclic) bond motifs is 3. The zero-order valence-corrected chi connectivity index (χ0v) is 26.0. The van der Waals surface area contributed by atoms with E-state index in [9.17, 15) is 18.0 Å². The van der Waals surface area contributed by atoms with Gasteiger partial charge in [-0.15, -0.1) is 0 Å². The van der Waals surface area contributed by atoms with E-state index >= 15 is 0 Å². The first kappa shape index (κ1) is 30.0. The number of amides is 1. The van der Waals surface area contributed by atoms with Crippen LogP contribution in [0, 0.1) is 10.8 Å². The molecule has 9 rings (SSSR count). The summed E-state index contributed by atoms with van der Waals surface area (Å²) in [4.78, 5) is 25.0. The Labute approximate surface area is 261 Å². The Hall–Kier alpha value is -3.63. The van der Waals surface area contributed by atoms with E-state index in [1.807, 2.05) is 29.2 Å². The lowest BCUT2D eigenvalue weighted by Gasteiger charge is -2.66. The van der Waals surface area contributed by atoms with Crippen LogP contribution in [0.4, 0.5) is 30.4 Å². The van der Waals surface area contributed by atoms with Gasteiger partial charge in [0.15, 0.2) is 5.82 Å². The molecule has 0 aliphatic heterocycles. The predicted molar refractivity (Wildman–Crippen MR) is 162 cm³/mol. The summed E-state index contributed by atoms with van der Waals surface area (Å²) >= 11 is 0. The van der Waals surface area contributed by atoms with Crippen LogP contribution in [0.25, 0.3) is 0 Å². The van der Waals surface area contributed by atoms with Gasteiger partial charge in [-0.2, -0.15) is 13.8 Å². The number of ether oxygens (including phenoxy) is 1. The first-order chi connectivity index (χ1) is 21.3. The molecule has 4 bridgehead atoms. The summed E-state index contributed by atoms with van der Waals surface area (Å²) in [5.74, 6) is 1.95. The van der Waals surface area contributed by atoms with E-state index < -0.39 is 12.3 Å². The van der Waals surface area contributed by atoms with Crippen molar-refractivity contribution in [2.24, 2.45) is 10.8 Å². The summed E-state index contributed by atoms with van der Waals surface area (Å²) in [7, 11) is 0. The van der Waals surface area contributed by atoms with Crippen LogP contribution < -0.4 is 15.0 Å². The van der Waals surface area contributed by atoms with E-state index in [1.165, 1.54) is 12.3 Å². The largest absolute Gasteiger partial charge is 0.433 e. The molecule has 2 heterocycles. The van der Waals surface area contributed by atoms with Crippen LogP contribution in [0.1, 0.15) is 96.7 Å². The maximum absolute atomic E-state index is 14.4. The Kier molecular flexibility index (Phi) is 6.98. The maximum atomic E-state index is 14.4. The van der Waals surface area contributed by atoms with Gasteiger partial charge in [-0.25, -0.2) is 9.37 Å². The molecule has 45 heavy (non-hydrogen) atoms. The van der Waals surface area contributed by atoms with E-state index in [0.29, 0.717) is 49.6 Å². The van der Waals surface area contributed by atoms with Gasteiger partial charge in [0.05, 0.1) is 6.20 Å². The number of nitrogens with zero attached hydrogens (tertiary/aromatic N) is 4. The van der Waals surface area contributed by atoms with Gasteiger partial charge < -0.3 is 19.5 Å². The van der Waals surface area contributed by atoms with Gasteiger partial charge in [0.25, 0.3) is 0 Å². The number of benzene rings is 1. The highest BCUT2D eigenvalue weighted by Gasteiger charge is 2.69. The zero-order chi connectivity index (χ0) is 31.7. The number of halogens is 3. The van der Waals surface area contributed by atoms with E-state index in [0.717, 1.165) is 50.0 Å². The number of hydrogen-bond acceptors (Lipinski definition) is 7. The number of carbonyl (C=O) groups is 1. The molecule has 6 saturated carbocycles. The average molecular weight is 624 g/mol. The maximum Gasteiger partial charge on any atom is 0.387 e. The number of hydrogen-bond donors (Lipinski definition) is 1. The third-order valence-corrected chi connectivity index (χ3v) is 10.7. The number of rotatable bonds is 10. The van der Waals surface area contributed by atoms with Gasteiger partial charge in [0.1, 0.15) is 17.2 Å². The molecule has 8 nitrogen and oxygen atoms in total. The molecule has 3 aromatic rings. The van der Waals surface area contributed by atoms with Gasteiger partial charge in [-0.3, -0.25) is 4.79 Å². The lowest BCUT2D eigenvalue weighted by molar-refractivity contribution is -0.215.